The van der Waals surface area contributed by atoms with Crippen molar-refractivity contribution >= 4 is 6.21 Å². The molecule has 0 saturated heterocycles. The zero-order valence-electron chi connectivity index (χ0n) is 2.89. The Balaban J connectivity index is 0. The topological polar surface area (TPSA) is 32.6 Å². The molecule has 0 aliphatic rings. The average Bonchev–Trinajstić information content (AvgIpc) is 1.37. The average molecular weight is 296 g/mol. The number of hydrogen-bond donors (Lipinski definition) is 1. The van der Waals surface area contributed by atoms with Crippen LogP contribution in [0.3, 0.4) is 0 Å². The fourth-order valence-electron chi connectivity index (χ4n) is 0. The smallest absolute Gasteiger partial charge is 0 e. The van der Waals surface area contributed by atoms with E-state index < -0.39 is 0 Å². The Morgan fingerprint density at radius 1 is 1.80 bits per heavy atom. The van der Waals surface area contributed by atoms with Gasteiger partial charge in [-0.15, -0.1) is 0 Å². The fraction of sp³-hybridized carbons (Fsp3) is 0.500. The number of rotatable bonds is 0. The molecule has 0 aliphatic carbocycles. The maximum atomic E-state index is 7.39. The standard InChI is InChI=1S/C2H4NO.U/c1-2-3-4;/h4H,1H3;/q-1;. The molecule has 0 aromatic rings. The summed E-state index contributed by atoms with van der Waals surface area (Å²) in [6.45, 7) is 1.51. The number of nitrogens with zero attached hydrogens (tertiary/aromatic N) is 1. The van der Waals surface area contributed by atoms with Crippen LogP contribution in [-0.2, 0) is 0 Å². The van der Waals surface area contributed by atoms with Crippen molar-refractivity contribution in [3.8, 4) is 0 Å². The third kappa shape index (κ3) is 12.4. The van der Waals surface area contributed by atoms with E-state index in [1.54, 1.807) is 0 Å². The molecule has 5 heavy (non-hydrogen) atoms. The molecule has 0 rings (SSSR count). The maximum absolute atomic E-state index is 7.39. The molecule has 0 spiro atoms. The van der Waals surface area contributed by atoms with Crippen LogP contribution in [0.5, 0.6) is 0 Å². The van der Waals surface area contributed by atoms with E-state index in [9.17, 15) is 0 Å². The van der Waals surface area contributed by atoms with Gasteiger partial charge in [-0.3, -0.25) is 0 Å². The van der Waals surface area contributed by atoms with Gasteiger partial charge in [0, 0.05) is 31.1 Å². The molecule has 0 saturated carbocycles. The van der Waals surface area contributed by atoms with E-state index in [2.05, 4.69) is 11.4 Å². The van der Waals surface area contributed by atoms with Gasteiger partial charge in [0.15, 0.2) is 0 Å². The summed E-state index contributed by atoms with van der Waals surface area (Å²) in [7, 11) is 0. The molecule has 0 amide bonds. The van der Waals surface area contributed by atoms with Gasteiger partial charge in [-0.25, -0.2) is 0 Å². The van der Waals surface area contributed by atoms with Crippen molar-refractivity contribution in [1.29, 1.82) is 0 Å². The molecule has 3 heteroatoms. The molecule has 28 valence electrons. The summed E-state index contributed by atoms with van der Waals surface area (Å²) in [6.07, 6.45) is 2.11. The minimum absolute atomic E-state index is 0. The third-order valence-corrected chi connectivity index (χ3v) is 0.100. The molecular formula is C2H4NOU-. The van der Waals surface area contributed by atoms with E-state index in [0.29, 0.717) is 0 Å². The molecule has 0 unspecified atom stereocenters. The molecule has 2 nitrogen and oxygen atoms in total. The van der Waals surface area contributed by atoms with E-state index in [1.807, 2.05) is 0 Å². The minimum Gasteiger partial charge on any atom is -0.447 e. The van der Waals surface area contributed by atoms with Crippen molar-refractivity contribution < 1.29 is 36.3 Å². The molecule has 0 aromatic carbocycles. The van der Waals surface area contributed by atoms with Gasteiger partial charge < -0.3 is 16.6 Å². The predicted octanol–water partition coefficient (Wildman–Crippen LogP) is 0.343. The van der Waals surface area contributed by atoms with Crippen LogP contribution >= 0.6 is 0 Å². The minimum atomic E-state index is 0. The largest absolute Gasteiger partial charge is 0.447 e. The number of hydrogen-bond acceptors (Lipinski definition) is 2. The molecule has 0 radical (unpaired) electrons. The van der Waals surface area contributed by atoms with Crippen molar-refractivity contribution in [3.63, 3.8) is 0 Å². The molecule has 0 heterocycles. The van der Waals surface area contributed by atoms with Gasteiger partial charge in [0.1, 0.15) is 0 Å². The normalized spacial score (nSPS) is 7.40. The Hall–Kier alpha value is 0.522. The van der Waals surface area contributed by atoms with Crippen molar-refractivity contribution in [2.24, 2.45) is 5.16 Å². The van der Waals surface area contributed by atoms with Gasteiger partial charge in [-0.1, -0.05) is 0 Å². The second-order valence-electron chi connectivity index (χ2n) is 0.324. The van der Waals surface area contributed by atoms with Gasteiger partial charge in [0.05, 0.1) is 0 Å². The molecule has 0 atom stereocenters. The Labute approximate surface area is 54.6 Å². The maximum Gasteiger partial charge on any atom is 0 e. The quantitative estimate of drug-likeness (QED) is 0.297. The monoisotopic (exact) mass is 296 g/mol. The van der Waals surface area contributed by atoms with E-state index in [0.717, 1.165) is 0 Å². The molecular weight excluding hydrogens is 292 g/mol. The van der Waals surface area contributed by atoms with Gasteiger partial charge in [0.25, 0.3) is 0 Å². The van der Waals surface area contributed by atoms with Crippen LogP contribution < -0.4 is 0 Å². The summed E-state index contributed by atoms with van der Waals surface area (Å²) in [6, 6.07) is 0. The predicted molar refractivity (Wildman–Crippen MR) is 14.9 cm³/mol. The van der Waals surface area contributed by atoms with E-state index in [1.165, 1.54) is 6.92 Å². The summed E-state index contributed by atoms with van der Waals surface area (Å²) >= 11 is 0. The summed E-state index contributed by atoms with van der Waals surface area (Å²) in [5.41, 5.74) is 0. The van der Waals surface area contributed by atoms with Gasteiger partial charge in [0.2, 0.25) is 0 Å². The first kappa shape index (κ1) is 9.10. The van der Waals surface area contributed by atoms with Crippen molar-refractivity contribution in [1.82, 2.24) is 0 Å². The van der Waals surface area contributed by atoms with Crippen LogP contribution in [0.25, 0.3) is 0 Å². The zero-order valence-corrected chi connectivity index (χ0v) is 7.06. The third-order valence-electron chi connectivity index (χ3n) is 0.100. The zero-order chi connectivity index (χ0) is 3.41. The van der Waals surface area contributed by atoms with Crippen LogP contribution in [0, 0.1) is 31.1 Å². The molecule has 1 N–H and O–H groups in total. The van der Waals surface area contributed by atoms with Gasteiger partial charge in [-0.2, -0.15) is 6.92 Å². The van der Waals surface area contributed by atoms with E-state index >= 15 is 0 Å². The molecule has 0 fully saturated rings. The van der Waals surface area contributed by atoms with Crippen LogP contribution in [0.4, 0.5) is 0 Å². The van der Waals surface area contributed by atoms with Crippen LogP contribution in [0.15, 0.2) is 5.16 Å². The summed E-state index contributed by atoms with van der Waals surface area (Å²) in [5.74, 6) is 0. The van der Waals surface area contributed by atoms with Crippen molar-refractivity contribution in [3.05, 3.63) is 0 Å². The Kier molecular flexibility index (Phi) is 16.1. The van der Waals surface area contributed by atoms with Gasteiger partial charge in [-0.05, 0) is 0 Å². The first-order chi connectivity index (χ1) is 1.91. The van der Waals surface area contributed by atoms with Crippen molar-refractivity contribution in [2.75, 3.05) is 0 Å². The fourth-order valence-corrected chi connectivity index (χ4v) is 0. The summed E-state index contributed by atoms with van der Waals surface area (Å²) in [4.78, 5) is 0. The second-order valence-corrected chi connectivity index (χ2v) is 0.324. The first-order valence-electron chi connectivity index (χ1n) is 0.924. The Bertz CT molecular complexity index is 24.8. The second kappa shape index (κ2) is 8.82. The van der Waals surface area contributed by atoms with E-state index in [4.69, 9.17) is 5.21 Å². The molecule has 0 aromatic heterocycles. The Morgan fingerprint density at radius 3 is 2.00 bits per heavy atom. The van der Waals surface area contributed by atoms with Crippen LogP contribution in [0.2, 0.25) is 0 Å². The summed E-state index contributed by atoms with van der Waals surface area (Å²) in [5, 5.41) is 9.88. The van der Waals surface area contributed by atoms with Crippen LogP contribution in [-0.4, -0.2) is 11.4 Å². The molecule has 0 aliphatic heterocycles. The van der Waals surface area contributed by atoms with Crippen molar-refractivity contribution in [2.45, 2.75) is 6.92 Å². The van der Waals surface area contributed by atoms with Gasteiger partial charge >= 0.3 is 0 Å². The van der Waals surface area contributed by atoms with Crippen LogP contribution in [0.1, 0.15) is 6.92 Å². The first-order valence-corrected chi connectivity index (χ1v) is 0.924. The summed E-state index contributed by atoms with van der Waals surface area (Å²) < 4.78 is 0. The van der Waals surface area contributed by atoms with E-state index in [-0.39, 0.29) is 31.1 Å². The Morgan fingerprint density at radius 2 is 2.00 bits per heavy atom. The molecule has 0 bridgehead atoms. The SMILES string of the molecule is C[C-]=NO.[U].